The standard InChI is InChI=1S/C18H29NO/c1-16(17-10-5-2-3-6-11-17)19-14-9-15-20-18-12-7-4-8-13-18/h4,7-8,12-13,16-17,19H,2-3,5-6,9-11,14-15H2,1H3/t16-/m0/s1. The van der Waals surface area contributed by atoms with Crippen LogP contribution in [0.3, 0.4) is 0 Å². The van der Waals surface area contributed by atoms with E-state index in [4.69, 9.17) is 4.74 Å². The molecule has 0 radical (unpaired) electrons. The molecular weight excluding hydrogens is 246 g/mol. The fraction of sp³-hybridized carbons (Fsp3) is 0.667. The Hall–Kier alpha value is -1.02. The summed E-state index contributed by atoms with van der Waals surface area (Å²) in [5, 5.41) is 3.69. The second-order valence-corrected chi connectivity index (χ2v) is 6.01. The minimum atomic E-state index is 0.657. The largest absolute Gasteiger partial charge is 0.494 e. The first kappa shape index (κ1) is 15.4. The molecule has 1 N–H and O–H groups in total. The highest BCUT2D eigenvalue weighted by Gasteiger charge is 2.18. The van der Waals surface area contributed by atoms with Gasteiger partial charge in [0, 0.05) is 6.04 Å². The molecule has 0 aromatic heterocycles. The summed E-state index contributed by atoms with van der Waals surface area (Å²) in [6, 6.07) is 10.7. The monoisotopic (exact) mass is 275 g/mol. The highest BCUT2D eigenvalue weighted by molar-refractivity contribution is 5.20. The van der Waals surface area contributed by atoms with Crippen LogP contribution in [0.1, 0.15) is 51.9 Å². The molecule has 0 bridgehead atoms. The van der Waals surface area contributed by atoms with Crippen LogP contribution in [0, 0.1) is 5.92 Å². The van der Waals surface area contributed by atoms with E-state index in [9.17, 15) is 0 Å². The van der Waals surface area contributed by atoms with Gasteiger partial charge in [0.1, 0.15) is 5.75 Å². The number of hydrogen-bond acceptors (Lipinski definition) is 2. The highest BCUT2D eigenvalue weighted by atomic mass is 16.5. The molecule has 0 unspecified atom stereocenters. The zero-order valence-electron chi connectivity index (χ0n) is 12.8. The molecule has 1 aromatic carbocycles. The molecule has 112 valence electrons. The third kappa shape index (κ3) is 5.54. The summed E-state index contributed by atoms with van der Waals surface area (Å²) < 4.78 is 5.71. The van der Waals surface area contributed by atoms with Crippen molar-refractivity contribution in [3.63, 3.8) is 0 Å². The number of ether oxygens (including phenoxy) is 1. The maximum Gasteiger partial charge on any atom is 0.119 e. The zero-order chi connectivity index (χ0) is 14.0. The molecule has 1 saturated carbocycles. The number of hydrogen-bond donors (Lipinski definition) is 1. The van der Waals surface area contributed by atoms with Crippen molar-refractivity contribution in [3.8, 4) is 5.75 Å². The first-order chi connectivity index (χ1) is 9.86. The molecule has 1 aliphatic carbocycles. The Morgan fingerprint density at radius 2 is 1.80 bits per heavy atom. The number of nitrogens with one attached hydrogen (secondary N) is 1. The smallest absolute Gasteiger partial charge is 0.119 e. The molecule has 1 aliphatic rings. The summed E-state index contributed by atoms with van der Waals surface area (Å²) in [6.07, 6.45) is 9.62. The number of rotatable bonds is 7. The Bertz CT molecular complexity index is 344. The number of para-hydroxylation sites is 1. The average Bonchev–Trinajstić information content (AvgIpc) is 2.77. The van der Waals surface area contributed by atoms with E-state index in [2.05, 4.69) is 12.2 Å². The van der Waals surface area contributed by atoms with Crippen molar-refractivity contribution in [1.29, 1.82) is 0 Å². The molecule has 2 heteroatoms. The lowest BCUT2D eigenvalue weighted by atomic mass is 9.93. The van der Waals surface area contributed by atoms with Crippen LogP contribution < -0.4 is 10.1 Å². The third-order valence-corrected chi connectivity index (χ3v) is 4.41. The molecule has 1 aromatic rings. The van der Waals surface area contributed by atoms with Gasteiger partial charge in [-0.05, 0) is 50.8 Å². The van der Waals surface area contributed by atoms with Crippen LogP contribution in [0.15, 0.2) is 30.3 Å². The Morgan fingerprint density at radius 1 is 1.10 bits per heavy atom. The summed E-state index contributed by atoms with van der Waals surface area (Å²) in [6.45, 7) is 4.22. The molecule has 2 rings (SSSR count). The maximum atomic E-state index is 5.71. The van der Waals surface area contributed by atoms with Gasteiger partial charge in [0.05, 0.1) is 6.61 Å². The van der Waals surface area contributed by atoms with E-state index in [0.29, 0.717) is 6.04 Å². The summed E-state index contributed by atoms with van der Waals surface area (Å²) >= 11 is 0. The van der Waals surface area contributed by atoms with Crippen LogP contribution >= 0.6 is 0 Å². The Balaban J connectivity index is 1.56. The zero-order valence-corrected chi connectivity index (χ0v) is 12.8. The Labute approximate surface area is 123 Å². The molecule has 1 fully saturated rings. The van der Waals surface area contributed by atoms with Crippen LogP contribution in [-0.4, -0.2) is 19.2 Å². The predicted molar refractivity (Wildman–Crippen MR) is 85.2 cm³/mol. The SMILES string of the molecule is C[C@H](NCCCOc1ccccc1)C1CCCCCC1. The van der Waals surface area contributed by atoms with E-state index in [-0.39, 0.29) is 0 Å². The van der Waals surface area contributed by atoms with Gasteiger partial charge in [-0.25, -0.2) is 0 Å². The topological polar surface area (TPSA) is 21.3 Å². The van der Waals surface area contributed by atoms with Crippen molar-refractivity contribution in [1.82, 2.24) is 5.32 Å². The van der Waals surface area contributed by atoms with E-state index < -0.39 is 0 Å². The molecular formula is C18H29NO. The van der Waals surface area contributed by atoms with Crippen LogP contribution in [0.25, 0.3) is 0 Å². The third-order valence-electron chi connectivity index (χ3n) is 4.41. The summed E-state index contributed by atoms with van der Waals surface area (Å²) in [5.74, 6) is 1.86. The lowest BCUT2D eigenvalue weighted by Gasteiger charge is -2.23. The molecule has 1 atom stereocenters. The van der Waals surface area contributed by atoms with E-state index in [1.807, 2.05) is 30.3 Å². The van der Waals surface area contributed by atoms with Crippen LogP contribution in [0.4, 0.5) is 0 Å². The van der Waals surface area contributed by atoms with Crippen LogP contribution in [0.2, 0.25) is 0 Å². The van der Waals surface area contributed by atoms with Crippen molar-refractivity contribution in [2.24, 2.45) is 5.92 Å². The fourth-order valence-electron chi connectivity index (χ4n) is 3.09. The fourth-order valence-corrected chi connectivity index (χ4v) is 3.09. The Kier molecular flexibility index (Phi) is 6.93. The van der Waals surface area contributed by atoms with Crippen molar-refractivity contribution in [3.05, 3.63) is 30.3 Å². The lowest BCUT2D eigenvalue weighted by molar-refractivity contribution is 0.290. The molecule has 0 spiro atoms. The van der Waals surface area contributed by atoms with E-state index in [1.54, 1.807) is 0 Å². The van der Waals surface area contributed by atoms with Gasteiger partial charge in [-0.1, -0.05) is 43.9 Å². The summed E-state index contributed by atoms with van der Waals surface area (Å²) in [7, 11) is 0. The first-order valence-electron chi connectivity index (χ1n) is 8.27. The second kappa shape index (κ2) is 9.02. The minimum absolute atomic E-state index is 0.657. The van der Waals surface area contributed by atoms with Crippen LogP contribution in [-0.2, 0) is 0 Å². The Morgan fingerprint density at radius 3 is 2.50 bits per heavy atom. The van der Waals surface area contributed by atoms with Gasteiger partial charge >= 0.3 is 0 Å². The van der Waals surface area contributed by atoms with Gasteiger partial charge in [0.2, 0.25) is 0 Å². The number of benzene rings is 1. The average molecular weight is 275 g/mol. The molecule has 0 heterocycles. The molecule has 0 saturated heterocycles. The quantitative estimate of drug-likeness (QED) is 0.588. The summed E-state index contributed by atoms with van der Waals surface area (Å²) in [5.41, 5.74) is 0. The van der Waals surface area contributed by atoms with Gasteiger partial charge in [0.15, 0.2) is 0 Å². The molecule has 2 nitrogen and oxygen atoms in total. The van der Waals surface area contributed by atoms with E-state index in [1.165, 1.54) is 38.5 Å². The van der Waals surface area contributed by atoms with Gasteiger partial charge < -0.3 is 10.1 Å². The molecule has 0 amide bonds. The van der Waals surface area contributed by atoms with Crippen molar-refractivity contribution in [2.75, 3.05) is 13.2 Å². The first-order valence-corrected chi connectivity index (χ1v) is 8.27. The van der Waals surface area contributed by atoms with Crippen molar-refractivity contribution >= 4 is 0 Å². The van der Waals surface area contributed by atoms with Gasteiger partial charge in [-0.3, -0.25) is 0 Å². The van der Waals surface area contributed by atoms with Gasteiger partial charge in [-0.2, -0.15) is 0 Å². The normalized spacial score (nSPS) is 18.4. The van der Waals surface area contributed by atoms with E-state index >= 15 is 0 Å². The van der Waals surface area contributed by atoms with Crippen LogP contribution in [0.5, 0.6) is 5.75 Å². The van der Waals surface area contributed by atoms with Gasteiger partial charge in [0.25, 0.3) is 0 Å². The predicted octanol–water partition coefficient (Wildman–Crippen LogP) is 4.40. The highest BCUT2D eigenvalue weighted by Crippen LogP contribution is 2.25. The molecule has 0 aliphatic heterocycles. The van der Waals surface area contributed by atoms with Gasteiger partial charge in [-0.15, -0.1) is 0 Å². The van der Waals surface area contributed by atoms with Crippen molar-refractivity contribution in [2.45, 2.75) is 57.9 Å². The maximum absolute atomic E-state index is 5.71. The van der Waals surface area contributed by atoms with E-state index in [0.717, 1.165) is 31.2 Å². The second-order valence-electron chi connectivity index (χ2n) is 6.01. The lowest BCUT2D eigenvalue weighted by Crippen LogP contribution is -2.34. The molecule has 20 heavy (non-hydrogen) atoms. The minimum Gasteiger partial charge on any atom is -0.494 e. The summed E-state index contributed by atoms with van der Waals surface area (Å²) in [4.78, 5) is 0. The van der Waals surface area contributed by atoms with Crippen molar-refractivity contribution < 1.29 is 4.74 Å².